The molecule has 1 saturated carbocycles. The highest BCUT2D eigenvalue weighted by Crippen LogP contribution is 2.36. The van der Waals surface area contributed by atoms with Crippen LogP contribution in [0.5, 0.6) is 5.75 Å². The lowest BCUT2D eigenvalue weighted by Crippen LogP contribution is -2.38. The SMILES string of the molecule is CCc1cc(OC)ccc1CN1CC2CCCC(N)C2C1. The van der Waals surface area contributed by atoms with Crippen LogP contribution >= 0.6 is 0 Å². The summed E-state index contributed by atoms with van der Waals surface area (Å²) in [5, 5.41) is 0. The molecular weight excluding hydrogens is 260 g/mol. The van der Waals surface area contributed by atoms with E-state index < -0.39 is 0 Å². The summed E-state index contributed by atoms with van der Waals surface area (Å²) in [6.07, 6.45) is 4.97. The van der Waals surface area contributed by atoms with E-state index in [1.165, 1.54) is 43.5 Å². The van der Waals surface area contributed by atoms with E-state index in [-0.39, 0.29) is 0 Å². The molecule has 3 atom stereocenters. The van der Waals surface area contributed by atoms with Crippen LogP contribution in [0.25, 0.3) is 0 Å². The molecule has 3 rings (SSSR count). The number of benzene rings is 1. The van der Waals surface area contributed by atoms with Crippen molar-refractivity contribution in [2.75, 3.05) is 20.2 Å². The first kappa shape index (κ1) is 14.9. The second-order valence-corrected chi connectivity index (χ2v) is 6.70. The van der Waals surface area contributed by atoms with E-state index in [2.05, 4.69) is 30.0 Å². The lowest BCUT2D eigenvalue weighted by molar-refractivity contribution is 0.259. The molecule has 1 heterocycles. The fourth-order valence-electron chi connectivity index (χ4n) is 4.19. The fraction of sp³-hybridized carbons (Fsp3) is 0.667. The Morgan fingerprint density at radius 2 is 2.10 bits per heavy atom. The van der Waals surface area contributed by atoms with Gasteiger partial charge < -0.3 is 10.5 Å². The summed E-state index contributed by atoms with van der Waals surface area (Å²) in [6.45, 7) is 5.69. The lowest BCUT2D eigenvalue weighted by Gasteiger charge is -2.29. The number of nitrogens with zero attached hydrogens (tertiary/aromatic N) is 1. The summed E-state index contributed by atoms with van der Waals surface area (Å²) in [4.78, 5) is 2.61. The van der Waals surface area contributed by atoms with Crippen molar-refractivity contribution < 1.29 is 4.74 Å². The third kappa shape index (κ3) is 3.09. The molecule has 1 aliphatic heterocycles. The molecule has 0 radical (unpaired) electrons. The molecule has 3 nitrogen and oxygen atoms in total. The summed E-state index contributed by atoms with van der Waals surface area (Å²) in [5.41, 5.74) is 9.19. The zero-order valence-electron chi connectivity index (χ0n) is 13.3. The Bertz CT molecular complexity index is 488. The van der Waals surface area contributed by atoms with Crippen LogP contribution in [0.15, 0.2) is 18.2 Å². The molecule has 0 bridgehead atoms. The molecule has 1 aliphatic carbocycles. The molecular formula is C18H28N2O. The van der Waals surface area contributed by atoms with Crippen LogP contribution in [-0.2, 0) is 13.0 Å². The number of hydrogen-bond donors (Lipinski definition) is 1. The molecule has 2 N–H and O–H groups in total. The number of aryl methyl sites for hydroxylation is 1. The highest BCUT2D eigenvalue weighted by molar-refractivity contribution is 5.35. The highest BCUT2D eigenvalue weighted by atomic mass is 16.5. The largest absolute Gasteiger partial charge is 0.497 e. The van der Waals surface area contributed by atoms with E-state index in [0.29, 0.717) is 6.04 Å². The maximum Gasteiger partial charge on any atom is 0.119 e. The number of nitrogens with two attached hydrogens (primary N) is 1. The summed E-state index contributed by atoms with van der Waals surface area (Å²) in [6, 6.07) is 6.93. The third-order valence-corrected chi connectivity index (χ3v) is 5.42. The van der Waals surface area contributed by atoms with Gasteiger partial charge in [-0.25, -0.2) is 0 Å². The molecule has 0 amide bonds. The Morgan fingerprint density at radius 1 is 1.24 bits per heavy atom. The molecule has 21 heavy (non-hydrogen) atoms. The molecule has 2 aliphatic rings. The first-order valence-corrected chi connectivity index (χ1v) is 8.35. The summed E-state index contributed by atoms with van der Waals surface area (Å²) >= 11 is 0. The van der Waals surface area contributed by atoms with E-state index in [9.17, 15) is 0 Å². The van der Waals surface area contributed by atoms with Crippen LogP contribution in [0.3, 0.4) is 0 Å². The quantitative estimate of drug-likeness (QED) is 0.926. The molecule has 0 aromatic heterocycles. The van der Waals surface area contributed by atoms with E-state index in [1.807, 2.05) is 0 Å². The second kappa shape index (κ2) is 6.37. The van der Waals surface area contributed by atoms with Gasteiger partial charge in [0.15, 0.2) is 0 Å². The van der Waals surface area contributed by atoms with Gasteiger partial charge in [-0.05, 0) is 54.4 Å². The van der Waals surface area contributed by atoms with Gasteiger partial charge in [0.2, 0.25) is 0 Å². The molecule has 1 saturated heterocycles. The van der Waals surface area contributed by atoms with Crippen molar-refractivity contribution in [2.45, 2.75) is 45.2 Å². The summed E-state index contributed by atoms with van der Waals surface area (Å²) in [5.74, 6) is 2.52. The van der Waals surface area contributed by atoms with Crippen molar-refractivity contribution in [1.82, 2.24) is 4.90 Å². The van der Waals surface area contributed by atoms with Crippen molar-refractivity contribution in [1.29, 1.82) is 0 Å². The Morgan fingerprint density at radius 3 is 2.81 bits per heavy atom. The van der Waals surface area contributed by atoms with Gasteiger partial charge in [0, 0.05) is 25.7 Å². The average Bonchev–Trinajstić information content (AvgIpc) is 2.91. The minimum absolute atomic E-state index is 0.426. The predicted molar refractivity (Wildman–Crippen MR) is 86.5 cm³/mol. The van der Waals surface area contributed by atoms with Crippen molar-refractivity contribution >= 4 is 0 Å². The number of rotatable bonds is 4. The van der Waals surface area contributed by atoms with Gasteiger partial charge in [0.05, 0.1) is 7.11 Å². The summed E-state index contributed by atoms with van der Waals surface area (Å²) in [7, 11) is 1.74. The van der Waals surface area contributed by atoms with Gasteiger partial charge in [-0.3, -0.25) is 4.90 Å². The van der Waals surface area contributed by atoms with Crippen LogP contribution in [-0.4, -0.2) is 31.1 Å². The van der Waals surface area contributed by atoms with E-state index in [1.54, 1.807) is 7.11 Å². The topological polar surface area (TPSA) is 38.5 Å². The standard InChI is InChI=1S/C18H28N2O/c1-3-13-9-16(21-2)8-7-14(13)10-20-11-15-5-4-6-18(19)17(15)12-20/h7-9,15,17-18H,3-6,10-12,19H2,1-2H3. The third-order valence-electron chi connectivity index (χ3n) is 5.42. The Kier molecular flexibility index (Phi) is 4.51. The number of fused-ring (bicyclic) bond motifs is 1. The van der Waals surface area contributed by atoms with Crippen LogP contribution < -0.4 is 10.5 Å². The number of ether oxygens (including phenoxy) is 1. The molecule has 0 spiro atoms. The zero-order chi connectivity index (χ0) is 14.8. The van der Waals surface area contributed by atoms with Crippen molar-refractivity contribution in [3.05, 3.63) is 29.3 Å². The first-order chi connectivity index (χ1) is 10.2. The van der Waals surface area contributed by atoms with Gasteiger partial charge in [0.1, 0.15) is 5.75 Å². The van der Waals surface area contributed by atoms with Gasteiger partial charge in [-0.2, -0.15) is 0 Å². The Balaban J connectivity index is 1.70. The van der Waals surface area contributed by atoms with Crippen molar-refractivity contribution in [2.24, 2.45) is 17.6 Å². The van der Waals surface area contributed by atoms with Crippen LogP contribution in [0, 0.1) is 11.8 Å². The van der Waals surface area contributed by atoms with Crippen molar-refractivity contribution in [3.8, 4) is 5.75 Å². The molecule has 3 unspecified atom stereocenters. The Labute approximate surface area is 128 Å². The molecule has 3 heteroatoms. The maximum atomic E-state index is 6.33. The smallest absolute Gasteiger partial charge is 0.119 e. The van der Waals surface area contributed by atoms with Gasteiger partial charge in [-0.1, -0.05) is 19.4 Å². The van der Waals surface area contributed by atoms with Gasteiger partial charge in [0.25, 0.3) is 0 Å². The molecule has 116 valence electrons. The Hall–Kier alpha value is -1.06. The number of methoxy groups -OCH3 is 1. The molecule has 2 fully saturated rings. The minimum atomic E-state index is 0.426. The van der Waals surface area contributed by atoms with Crippen LogP contribution in [0.2, 0.25) is 0 Å². The number of likely N-dealkylation sites (tertiary alicyclic amines) is 1. The van der Waals surface area contributed by atoms with Crippen molar-refractivity contribution in [3.63, 3.8) is 0 Å². The van der Waals surface area contributed by atoms with Crippen LogP contribution in [0.1, 0.15) is 37.3 Å². The highest BCUT2D eigenvalue weighted by Gasteiger charge is 2.38. The van der Waals surface area contributed by atoms with Gasteiger partial charge >= 0.3 is 0 Å². The second-order valence-electron chi connectivity index (χ2n) is 6.70. The molecule has 1 aromatic carbocycles. The van der Waals surface area contributed by atoms with E-state index >= 15 is 0 Å². The maximum absolute atomic E-state index is 6.33. The zero-order valence-corrected chi connectivity index (χ0v) is 13.3. The first-order valence-electron chi connectivity index (χ1n) is 8.35. The summed E-state index contributed by atoms with van der Waals surface area (Å²) < 4.78 is 5.34. The van der Waals surface area contributed by atoms with Gasteiger partial charge in [-0.15, -0.1) is 0 Å². The van der Waals surface area contributed by atoms with E-state index in [0.717, 1.165) is 30.6 Å². The minimum Gasteiger partial charge on any atom is -0.497 e. The van der Waals surface area contributed by atoms with E-state index in [4.69, 9.17) is 10.5 Å². The lowest BCUT2D eigenvalue weighted by atomic mass is 9.78. The average molecular weight is 288 g/mol. The fourth-order valence-corrected chi connectivity index (χ4v) is 4.19. The molecule has 1 aromatic rings. The van der Waals surface area contributed by atoms with Crippen LogP contribution in [0.4, 0.5) is 0 Å². The normalized spacial score (nSPS) is 29.4. The number of hydrogen-bond acceptors (Lipinski definition) is 3. The monoisotopic (exact) mass is 288 g/mol. The predicted octanol–water partition coefficient (Wildman–Crippen LogP) is 2.82.